The number of fused-ring (bicyclic) bond motifs is 2. The number of amides is 2. The molecule has 0 bridgehead atoms. The van der Waals surface area contributed by atoms with E-state index in [-0.39, 0.29) is 5.92 Å². The largest absolute Gasteiger partial charge is 0.360 e. The fourth-order valence-electron chi connectivity index (χ4n) is 4.93. The predicted molar refractivity (Wildman–Crippen MR) is 124 cm³/mol. The third-order valence-corrected chi connectivity index (χ3v) is 7.46. The van der Waals surface area contributed by atoms with Gasteiger partial charge in [-0.1, -0.05) is 18.2 Å². The number of hydrogen-bond donors (Lipinski definition) is 3. The van der Waals surface area contributed by atoms with Gasteiger partial charge < -0.3 is 14.9 Å². The van der Waals surface area contributed by atoms with Gasteiger partial charge in [-0.3, -0.25) is 14.9 Å². The summed E-state index contributed by atoms with van der Waals surface area (Å²) in [6, 6.07) is 9.75. The van der Waals surface area contributed by atoms with E-state index >= 15 is 0 Å². The molecule has 4 aromatic rings. The molecule has 1 aromatic carbocycles. The van der Waals surface area contributed by atoms with Crippen LogP contribution in [0.5, 0.6) is 0 Å². The molecule has 6 rings (SSSR count). The SMILES string of the molecule is O=C1NC(=O)C(c2c[nH]c3ccsc23)=C1c1cn(CC2CCNCC2F)c2ccccc12. The van der Waals surface area contributed by atoms with Crippen LogP contribution in [0.15, 0.2) is 48.1 Å². The molecule has 2 aliphatic heterocycles. The van der Waals surface area contributed by atoms with Crippen LogP contribution in [-0.2, 0) is 16.1 Å². The van der Waals surface area contributed by atoms with E-state index in [4.69, 9.17) is 0 Å². The first-order valence-electron chi connectivity index (χ1n) is 10.7. The molecule has 1 fully saturated rings. The summed E-state index contributed by atoms with van der Waals surface area (Å²) in [6.45, 7) is 1.70. The van der Waals surface area contributed by atoms with Gasteiger partial charge in [-0.15, -0.1) is 11.3 Å². The van der Waals surface area contributed by atoms with Gasteiger partial charge in [0.2, 0.25) is 0 Å². The van der Waals surface area contributed by atoms with E-state index in [0.717, 1.165) is 39.6 Å². The average molecular weight is 449 g/mol. The highest BCUT2D eigenvalue weighted by molar-refractivity contribution is 7.17. The fourth-order valence-corrected chi connectivity index (χ4v) is 5.81. The molecule has 3 N–H and O–H groups in total. The number of carbonyl (C=O) groups excluding carboxylic acids is 2. The summed E-state index contributed by atoms with van der Waals surface area (Å²) < 4.78 is 17.5. The third kappa shape index (κ3) is 2.94. The Balaban J connectivity index is 1.54. The van der Waals surface area contributed by atoms with E-state index in [1.165, 1.54) is 11.3 Å². The number of H-pyrrole nitrogens is 1. The van der Waals surface area contributed by atoms with Crippen LogP contribution in [0.2, 0.25) is 0 Å². The van der Waals surface area contributed by atoms with Gasteiger partial charge in [-0.05, 0) is 30.5 Å². The Morgan fingerprint density at radius 1 is 1.09 bits per heavy atom. The van der Waals surface area contributed by atoms with E-state index in [9.17, 15) is 14.0 Å². The van der Waals surface area contributed by atoms with Gasteiger partial charge in [-0.2, -0.15) is 0 Å². The summed E-state index contributed by atoms with van der Waals surface area (Å²) in [5.74, 6) is -0.884. The van der Waals surface area contributed by atoms with Crippen molar-refractivity contribution < 1.29 is 14.0 Å². The van der Waals surface area contributed by atoms with Crippen molar-refractivity contribution in [3.63, 3.8) is 0 Å². The number of imide groups is 1. The number of aromatic nitrogens is 2. The lowest BCUT2D eigenvalue weighted by Gasteiger charge is -2.27. The van der Waals surface area contributed by atoms with Crippen LogP contribution in [-0.4, -0.2) is 40.6 Å². The molecule has 1 saturated heterocycles. The minimum Gasteiger partial charge on any atom is -0.360 e. The van der Waals surface area contributed by atoms with E-state index in [0.29, 0.717) is 29.8 Å². The van der Waals surface area contributed by atoms with Gasteiger partial charge in [0.25, 0.3) is 11.8 Å². The van der Waals surface area contributed by atoms with Crippen molar-refractivity contribution in [1.29, 1.82) is 0 Å². The highest BCUT2D eigenvalue weighted by atomic mass is 32.1. The van der Waals surface area contributed by atoms with Crippen LogP contribution in [0.1, 0.15) is 17.5 Å². The lowest BCUT2D eigenvalue weighted by atomic mass is 9.96. The number of hydrogen-bond acceptors (Lipinski definition) is 4. The highest BCUT2D eigenvalue weighted by Gasteiger charge is 2.35. The number of benzene rings is 1. The van der Waals surface area contributed by atoms with Gasteiger partial charge in [0.15, 0.2) is 0 Å². The number of carbonyl (C=O) groups is 2. The first-order chi connectivity index (χ1) is 15.6. The zero-order valence-electron chi connectivity index (χ0n) is 17.2. The zero-order valence-corrected chi connectivity index (χ0v) is 18.0. The third-order valence-electron chi connectivity index (χ3n) is 6.51. The number of aromatic amines is 1. The Bertz CT molecular complexity index is 1410. The minimum absolute atomic E-state index is 0.0946. The monoisotopic (exact) mass is 448 g/mol. The highest BCUT2D eigenvalue weighted by Crippen LogP contribution is 2.39. The number of rotatable bonds is 4. The topological polar surface area (TPSA) is 78.9 Å². The molecule has 2 amide bonds. The zero-order chi connectivity index (χ0) is 21.8. The Morgan fingerprint density at radius 2 is 1.91 bits per heavy atom. The van der Waals surface area contributed by atoms with E-state index in [1.54, 1.807) is 6.20 Å². The number of para-hydroxylation sites is 1. The Hall–Kier alpha value is -3.23. The van der Waals surface area contributed by atoms with E-state index in [1.807, 2.05) is 46.5 Å². The summed E-state index contributed by atoms with van der Waals surface area (Å²) in [5.41, 5.74) is 4.06. The van der Waals surface area contributed by atoms with Crippen LogP contribution >= 0.6 is 11.3 Å². The predicted octanol–water partition coefficient (Wildman–Crippen LogP) is 3.70. The molecule has 2 atom stereocenters. The number of alkyl halides is 1. The molecule has 0 spiro atoms. The maximum atomic E-state index is 14.5. The molecule has 162 valence electrons. The summed E-state index contributed by atoms with van der Waals surface area (Å²) in [5, 5.41) is 8.42. The van der Waals surface area contributed by atoms with Gasteiger partial charge in [0.1, 0.15) is 6.17 Å². The first-order valence-corrected chi connectivity index (χ1v) is 11.6. The van der Waals surface area contributed by atoms with Crippen molar-refractivity contribution in [3.8, 4) is 0 Å². The van der Waals surface area contributed by atoms with Crippen molar-refractivity contribution in [3.05, 3.63) is 59.2 Å². The Kier molecular flexibility index (Phi) is 4.51. The normalized spacial score (nSPS) is 21.8. The summed E-state index contributed by atoms with van der Waals surface area (Å²) in [4.78, 5) is 29.0. The van der Waals surface area contributed by atoms with Crippen LogP contribution in [0.25, 0.3) is 32.3 Å². The van der Waals surface area contributed by atoms with E-state index < -0.39 is 18.0 Å². The average Bonchev–Trinajstić information content (AvgIpc) is 3.53. The van der Waals surface area contributed by atoms with Crippen molar-refractivity contribution in [2.24, 2.45) is 5.92 Å². The molecule has 0 saturated carbocycles. The molecule has 0 radical (unpaired) electrons. The summed E-state index contributed by atoms with van der Waals surface area (Å²) in [6.07, 6.45) is 3.55. The second kappa shape index (κ2) is 7.43. The molecule has 0 aliphatic carbocycles. The van der Waals surface area contributed by atoms with Crippen molar-refractivity contribution in [2.45, 2.75) is 19.1 Å². The Morgan fingerprint density at radius 3 is 2.75 bits per heavy atom. The molecule has 6 nitrogen and oxygen atoms in total. The number of halogens is 1. The standard InChI is InChI=1S/C24H21FN4O2S/c25-17-10-26-7-5-13(17)11-29-12-16(14-3-1-2-4-19(14)29)21-20(23(30)28-24(21)31)15-9-27-18-6-8-32-22(15)18/h1-4,6,8-9,12-13,17,26-27H,5,7,10-11H2,(H,28,30,31). The quantitative estimate of drug-likeness (QED) is 0.417. The molecule has 3 aromatic heterocycles. The molecular formula is C24H21FN4O2S. The number of nitrogens with zero attached hydrogens (tertiary/aromatic N) is 1. The fraction of sp³-hybridized carbons (Fsp3) is 0.250. The van der Waals surface area contributed by atoms with Gasteiger partial charge in [-0.25, -0.2) is 4.39 Å². The second-order valence-electron chi connectivity index (χ2n) is 8.38. The van der Waals surface area contributed by atoms with Crippen LogP contribution in [0.3, 0.4) is 0 Å². The van der Waals surface area contributed by atoms with Gasteiger partial charge in [0.05, 0.1) is 21.4 Å². The van der Waals surface area contributed by atoms with Gasteiger partial charge in [0, 0.05) is 53.4 Å². The van der Waals surface area contributed by atoms with Crippen LogP contribution < -0.4 is 10.6 Å². The van der Waals surface area contributed by atoms with Crippen molar-refractivity contribution in [2.75, 3.05) is 13.1 Å². The second-order valence-corrected chi connectivity index (χ2v) is 9.30. The summed E-state index contributed by atoms with van der Waals surface area (Å²) >= 11 is 1.53. The lowest BCUT2D eigenvalue weighted by Crippen LogP contribution is -2.39. The molecule has 8 heteroatoms. The molecular weight excluding hydrogens is 427 g/mol. The first kappa shape index (κ1) is 19.5. The summed E-state index contributed by atoms with van der Waals surface area (Å²) in [7, 11) is 0. The van der Waals surface area contributed by atoms with Crippen molar-refractivity contribution >= 4 is 55.4 Å². The molecule has 2 aliphatic rings. The van der Waals surface area contributed by atoms with Gasteiger partial charge >= 0.3 is 0 Å². The number of thiophene rings is 1. The van der Waals surface area contributed by atoms with E-state index in [2.05, 4.69) is 15.6 Å². The smallest absolute Gasteiger partial charge is 0.259 e. The maximum Gasteiger partial charge on any atom is 0.259 e. The molecule has 5 heterocycles. The number of nitrogens with one attached hydrogen (secondary N) is 3. The van der Waals surface area contributed by atoms with Crippen LogP contribution in [0.4, 0.5) is 4.39 Å². The molecule has 2 unspecified atom stereocenters. The lowest BCUT2D eigenvalue weighted by molar-refractivity contribution is -0.122. The number of piperidine rings is 1. The minimum atomic E-state index is -0.911. The van der Waals surface area contributed by atoms with Crippen LogP contribution in [0, 0.1) is 5.92 Å². The maximum absolute atomic E-state index is 14.5. The van der Waals surface area contributed by atoms with Crippen molar-refractivity contribution in [1.82, 2.24) is 20.2 Å². The Labute approximate surface area is 187 Å². The molecule has 32 heavy (non-hydrogen) atoms.